The maximum atomic E-state index is 12.6. The Kier molecular flexibility index (Phi) is 6.48. The topological polar surface area (TPSA) is 98.2 Å². The second-order valence-corrected chi connectivity index (χ2v) is 7.35. The van der Waals surface area contributed by atoms with E-state index in [0.29, 0.717) is 40.8 Å². The van der Waals surface area contributed by atoms with Crippen LogP contribution in [-0.4, -0.2) is 40.4 Å². The largest absolute Gasteiger partial charge is 0.493 e. The minimum atomic E-state index is -0.146. The number of aryl methyl sites for hydroxylation is 1. The lowest BCUT2D eigenvalue weighted by Crippen LogP contribution is -2.26. The van der Waals surface area contributed by atoms with Crippen LogP contribution in [0.4, 0.5) is 0 Å². The first kappa shape index (κ1) is 20.8. The van der Waals surface area contributed by atoms with Crippen molar-refractivity contribution in [2.75, 3.05) is 20.0 Å². The third-order valence-corrected chi connectivity index (χ3v) is 5.40. The quantitative estimate of drug-likeness (QED) is 0.432. The summed E-state index contributed by atoms with van der Waals surface area (Å²) in [5.74, 6) is 1.26. The second kappa shape index (κ2) is 9.04. The maximum absolute atomic E-state index is 12.6. The van der Waals surface area contributed by atoms with Crippen LogP contribution < -0.4 is 20.3 Å². The number of nitrogens with one attached hydrogen (secondary N) is 2. The highest BCUT2D eigenvalue weighted by atomic mass is 32.2. The Balaban J connectivity index is 1.66. The molecule has 0 aliphatic heterocycles. The van der Waals surface area contributed by atoms with Gasteiger partial charge in [0, 0.05) is 18.8 Å². The van der Waals surface area contributed by atoms with Gasteiger partial charge in [-0.25, -0.2) is 4.98 Å². The van der Waals surface area contributed by atoms with Gasteiger partial charge in [-0.15, -0.1) is 0 Å². The first-order valence-electron chi connectivity index (χ1n) is 9.17. The molecule has 0 bridgehead atoms. The number of fused-ring (bicyclic) bond motifs is 1. The molecule has 1 amide bonds. The lowest BCUT2D eigenvalue weighted by molar-refractivity contribution is -0.118. The molecule has 0 aliphatic carbocycles. The smallest absolute Gasteiger partial charge is 0.278 e. The highest BCUT2D eigenvalue weighted by molar-refractivity contribution is 7.99. The molecule has 0 saturated carbocycles. The molecule has 2 N–H and O–H groups in total. The van der Waals surface area contributed by atoms with Crippen molar-refractivity contribution in [1.82, 2.24) is 19.9 Å². The number of carbonyl (C=O) groups excluding carboxylic acids is 1. The van der Waals surface area contributed by atoms with E-state index in [4.69, 9.17) is 9.47 Å². The summed E-state index contributed by atoms with van der Waals surface area (Å²) < 4.78 is 12.1. The Bertz CT molecular complexity index is 1090. The van der Waals surface area contributed by atoms with Gasteiger partial charge in [0.1, 0.15) is 5.52 Å². The zero-order valence-electron chi connectivity index (χ0n) is 16.9. The summed E-state index contributed by atoms with van der Waals surface area (Å²) in [4.78, 5) is 32.5. The first-order chi connectivity index (χ1) is 14.0. The van der Waals surface area contributed by atoms with Gasteiger partial charge in [-0.1, -0.05) is 17.8 Å². The average Bonchev–Trinajstić information content (AvgIpc) is 3.11. The van der Waals surface area contributed by atoms with Crippen molar-refractivity contribution in [3.05, 3.63) is 45.9 Å². The molecular weight excluding hydrogens is 392 g/mol. The fourth-order valence-electron chi connectivity index (χ4n) is 2.97. The molecular formula is C20H24N4O4S. The lowest BCUT2D eigenvalue weighted by Gasteiger charge is -2.11. The standard InChI is InChI=1S/C20H24N4O4S/c1-5-24-19(26)18-14(8-12(2)22-18)23-20(24)29-11-17(25)21-10-13-6-7-15(27-3)16(9-13)28-4/h6-9,22H,5,10-11H2,1-4H3,(H,21,25). The van der Waals surface area contributed by atoms with E-state index in [0.717, 1.165) is 11.3 Å². The fourth-order valence-corrected chi connectivity index (χ4v) is 3.87. The van der Waals surface area contributed by atoms with Gasteiger partial charge in [0.05, 0.1) is 25.5 Å². The molecule has 0 radical (unpaired) electrons. The highest BCUT2D eigenvalue weighted by Gasteiger charge is 2.14. The average molecular weight is 417 g/mol. The number of H-pyrrole nitrogens is 1. The molecule has 0 saturated heterocycles. The van der Waals surface area contributed by atoms with Gasteiger partial charge < -0.3 is 19.8 Å². The van der Waals surface area contributed by atoms with Crippen molar-refractivity contribution in [2.45, 2.75) is 32.1 Å². The number of thioether (sulfide) groups is 1. The number of aromatic nitrogens is 3. The highest BCUT2D eigenvalue weighted by Crippen LogP contribution is 2.27. The molecule has 0 aliphatic rings. The van der Waals surface area contributed by atoms with Crippen LogP contribution in [-0.2, 0) is 17.9 Å². The van der Waals surface area contributed by atoms with Crippen molar-refractivity contribution in [3.63, 3.8) is 0 Å². The van der Waals surface area contributed by atoms with Crippen LogP contribution in [0.15, 0.2) is 34.2 Å². The summed E-state index contributed by atoms with van der Waals surface area (Å²) in [7, 11) is 3.15. The predicted octanol–water partition coefficient (Wildman–Crippen LogP) is 2.48. The van der Waals surface area contributed by atoms with Crippen LogP contribution in [0.5, 0.6) is 11.5 Å². The summed E-state index contributed by atoms with van der Waals surface area (Å²) in [5, 5.41) is 3.41. The summed E-state index contributed by atoms with van der Waals surface area (Å²) in [6.45, 7) is 4.61. The van der Waals surface area contributed by atoms with Crippen LogP contribution in [0.2, 0.25) is 0 Å². The Labute approximate surface area is 172 Å². The van der Waals surface area contributed by atoms with E-state index in [1.54, 1.807) is 24.9 Å². The Hall–Kier alpha value is -2.94. The summed E-state index contributed by atoms with van der Waals surface area (Å²) in [6.07, 6.45) is 0. The number of hydrogen-bond donors (Lipinski definition) is 2. The zero-order chi connectivity index (χ0) is 21.0. The molecule has 2 heterocycles. The monoisotopic (exact) mass is 416 g/mol. The van der Waals surface area contributed by atoms with Gasteiger partial charge in [-0.3, -0.25) is 14.2 Å². The molecule has 2 aromatic heterocycles. The normalized spacial score (nSPS) is 10.9. The van der Waals surface area contributed by atoms with Crippen LogP contribution in [0.1, 0.15) is 18.2 Å². The molecule has 3 rings (SSSR count). The van der Waals surface area contributed by atoms with Crippen molar-refractivity contribution in [2.24, 2.45) is 0 Å². The van der Waals surface area contributed by atoms with Crippen LogP contribution in [0, 0.1) is 6.92 Å². The molecule has 0 spiro atoms. The van der Waals surface area contributed by atoms with Gasteiger partial charge in [-0.2, -0.15) is 0 Å². The number of aromatic amines is 1. The number of benzene rings is 1. The number of carbonyl (C=O) groups is 1. The van der Waals surface area contributed by atoms with Crippen LogP contribution in [0.3, 0.4) is 0 Å². The van der Waals surface area contributed by atoms with Gasteiger partial charge in [0.15, 0.2) is 16.7 Å². The van der Waals surface area contributed by atoms with Gasteiger partial charge in [0.2, 0.25) is 5.91 Å². The van der Waals surface area contributed by atoms with E-state index < -0.39 is 0 Å². The molecule has 9 heteroatoms. The van der Waals surface area contributed by atoms with E-state index >= 15 is 0 Å². The molecule has 1 aromatic carbocycles. The Morgan fingerprint density at radius 1 is 1.24 bits per heavy atom. The number of hydrogen-bond acceptors (Lipinski definition) is 6. The number of methoxy groups -OCH3 is 2. The minimum Gasteiger partial charge on any atom is -0.493 e. The van der Waals surface area contributed by atoms with E-state index in [1.165, 1.54) is 11.8 Å². The molecule has 3 aromatic rings. The maximum Gasteiger partial charge on any atom is 0.278 e. The second-order valence-electron chi connectivity index (χ2n) is 6.41. The van der Waals surface area contributed by atoms with Gasteiger partial charge >= 0.3 is 0 Å². The van der Waals surface area contributed by atoms with Crippen LogP contribution >= 0.6 is 11.8 Å². The third-order valence-electron chi connectivity index (χ3n) is 4.42. The number of rotatable bonds is 8. The Morgan fingerprint density at radius 3 is 2.69 bits per heavy atom. The SMILES string of the molecule is CCn1c(SCC(=O)NCc2ccc(OC)c(OC)c2)nc2cc(C)[nH]c2c1=O. The number of ether oxygens (including phenoxy) is 2. The Morgan fingerprint density at radius 2 is 2.00 bits per heavy atom. The first-order valence-corrected chi connectivity index (χ1v) is 10.2. The summed E-state index contributed by atoms with van der Waals surface area (Å²) in [5.41, 5.74) is 2.76. The van der Waals surface area contributed by atoms with E-state index in [9.17, 15) is 9.59 Å². The van der Waals surface area contributed by atoms with E-state index in [-0.39, 0.29) is 17.2 Å². The minimum absolute atomic E-state index is 0.126. The van der Waals surface area contributed by atoms with Crippen molar-refractivity contribution < 1.29 is 14.3 Å². The summed E-state index contributed by atoms with van der Waals surface area (Å²) in [6, 6.07) is 7.32. The fraction of sp³-hybridized carbons (Fsp3) is 0.350. The summed E-state index contributed by atoms with van der Waals surface area (Å²) >= 11 is 1.25. The third kappa shape index (κ3) is 4.56. The number of nitrogens with zero attached hydrogens (tertiary/aromatic N) is 2. The number of amides is 1. The molecule has 8 nitrogen and oxygen atoms in total. The van der Waals surface area contributed by atoms with Gasteiger partial charge in [-0.05, 0) is 37.6 Å². The predicted molar refractivity (Wildman–Crippen MR) is 113 cm³/mol. The molecule has 0 fully saturated rings. The van der Waals surface area contributed by atoms with E-state index in [2.05, 4.69) is 15.3 Å². The zero-order valence-corrected chi connectivity index (χ0v) is 17.7. The lowest BCUT2D eigenvalue weighted by atomic mass is 10.2. The molecule has 154 valence electrons. The van der Waals surface area contributed by atoms with E-state index in [1.807, 2.05) is 32.0 Å². The molecule has 0 unspecified atom stereocenters. The van der Waals surface area contributed by atoms with Crippen LogP contribution in [0.25, 0.3) is 11.0 Å². The molecule has 0 atom stereocenters. The van der Waals surface area contributed by atoms with Crippen molar-refractivity contribution >= 4 is 28.7 Å². The van der Waals surface area contributed by atoms with Crippen molar-refractivity contribution in [3.8, 4) is 11.5 Å². The van der Waals surface area contributed by atoms with Crippen molar-refractivity contribution in [1.29, 1.82) is 0 Å². The van der Waals surface area contributed by atoms with Gasteiger partial charge in [0.25, 0.3) is 5.56 Å². The molecule has 29 heavy (non-hydrogen) atoms.